The average molecular weight is 383 g/mol. The lowest BCUT2D eigenvalue weighted by Crippen LogP contribution is -2.25. The van der Waals surface area contributed by atoms with Crippen LogP contribution in [0.25, 0.3) is 17.1 Å². The van der Waals surface area contributed by atoms with E-state index in [2.05, 4.69) is 26.9 Å². The molecule has 0 aliphatic carbocycles. The van der Waals surface area contributed by atoms with Gasteiger partial charge in [0.2, 0.25) is 0 Å². The van der Waals surface area contributed by atoms with Crippen molar-refractivity contribution in [3.63, 3.8) is 0 Å². The minimum Gasteiger partial charge on any atom is -0.496 e. The molecule has 0 unspecified atom stereocenters. The van der Waals surface area contributed by atoms with Crippen LogP contribution in [0.4, 0.5) is 0 Å². The van der Waals surface area contributed by atoms with E-state index in [1.165, 1.54) is 0 Å². The summed E-state index contributed by atoms with van der Waals surface area (Å²) in [6.45, 7) is 1.10. The lowest BCUT2D eigenvalue weighted by Gasteiger charge is -2.22. The van der Waals surface area contributed by atoms with Crippen molar-refractivity contribution in [1.29, 1.82) is 0 Å². The maximum absolute atomic E-state index is 5.65. The zero-order valence-corrected chi connectivity index (χ0v) is 15.9. The van der Waals surface area contributed by atoms with Crippen LogP contribution >= 0.6 is 11.8 Å². The van der Waals surface area contributed by atoms with Gasteiger partial charge in [0.1, 0.15) is 12.5 Å². The number of ether oxygens (including phenoxy) is 3. The van der Waals surface area contributed by atoms with Gasteiger partial charge in [0, 0.05) is 11.4 Å². The molecule has 4 rings (SSSR count). The van der Waals surface area contributed by atoms with E-state index in [4.69, 9.17) is 14.2 Å². The molecule has 0 amide bonds. The molecule has 6 nitrogen and oxygen atoms in total. The molecule has 1 atom stereocenters. The number of thioether (sulfide) groups is 1. The van der Waals surface area contributed by atoms with Crippen LogP contribution in [0.1, 0.15) is 6.42 Å². The number of hydrogen-bond acceptors (Lipinski definition) is 6. The molecule has 0 bridgehead atoms. The van der Waals surface area contributed by atoms with Crippen LogP contribution in [0, 0.1) is 0 Å². The van der Waals surface area contributed by atoms with E-state index in [-0.39, 0.29) is 6.10 Å². The largest absolute Gasteiger partial charge is 0.496 e. The molecule has 1 aliphatic heterocycles. The Morgan fingerprint density at radius 1 is 1.11 bits per heavy atom. The van der Waals surface area contributed by atoms with E-state index in [1.54, 1.807) is 18.9 Å². The second kappa shape index (κ2) is 8.56. The second-order valence-corrected chi connectivity index (χ2v) is 7.08. The first-order valence-corrected chi connectivity index (χ1v) is 9.82. The molecule has 7 heteroatoms. The highest BCUT2D eigenvalue weighted by Gasteiger charge is 2.21. The van der Waals surface area contributed by atoms with E-state index < -0.39 is 0 Å². The predicted molar refractivity (Wildman–Crippen MR) is 104 cm³/mol. The Hall–Kier alpha value is -2.35. The van der Waals surface area contributed by atoms with Gasteiger partial charge in [0.25, 0.3) is 0 Å². The Bertz CT molecular complexity index is 879. The summed E-state index contributed by atoms with van der Waals surface area (Å²) in [5.41, 5.74) is 1.92. The molecule has 0 N–H and O–H groups in total. The van der Waals surface area contributed by atoms with Crippen molar-refractivity contribution in [2.45, 2.75) is 17.7 Å². The van der Waals surface area contributed by atoms with Crippen molar-refractivity contribution >= 4 is 11.8 Å². The van der Waals surface area contributed by atoms with Crippen LogP contribution < -0.4 is 4.74 Å². The maximum atomic E-state index is 5.65. The van der Waals surface area contributed by atoms with Gasteiger partial charge in [0.15, 0.2) is 11.0 Å². The number of benzene rings is 2. The van der Waals surface area contributed by atoms with E-state index in [0.717, 1.165) is 46.8 Å². The summed E-state index contributed by atoms with van der Waals surface area (Å²) in [5, 5.41) is 9.77. The molecule has 1 aliphatic rings. The average Bonchev–Trinajstić information content (AvgIpc) is 3.17. The first kappa shape index (κ1) is 18.0. The molecule has 2 heterocycles. The fraction of sp³-hybridized carbons (Fsp3) is 0.300. The van der Waals surface area contributed by atoms with Gasteiger partial charge >= 0.3 is 0 Å². The van der Waals surface area contributed by atoms with Crippen molar-refractivity contribution < 1.29 is 14.2 Å². The smallest absolute Gasteiger partial charge is 0.196 e. The number of nitrogens with zero attached hydrogens (tertiary/aromatic N) is 3. The molecular formula is C20H21N3O3S. The lowest BCUT2D eigenvalue weighted by atomic mass is 10.2. The third-order valence-electron chi connectivity index (χ3n) is 4.37. The highest BCUT2D eigenvalue weighted by atomic mass is 32.2. The van der Waals surface area contributed by atoms with Crippen LogP contribution in [0.2, 0.25) is 0 Å². The highest BCUT2D eigenvalue weighted by molar-refractivity contribution is 7.99. The SMILES string of the molecule is COc1ccccc1-c1nnc(SC[C@H]2CCOCO2)n1-c1ccccc1. The summed E-state index contributed by atoms with van der Waals surface area (Å²) in [4.78, 5) is 0. The Morgan fingerprint density at radius 3 is 2.70 bits per heavy atom. The third-order valence-corrected chi connectivity index (χ3v) is 5.43. The normalized spacial score (nSPS) is 17.0. The molecule has 0 spiro atoms. The van der Waals surface area contributed by atoms with Crippen LogP contribution in [0.3, 0.4) is 0 Å². The Labute approximate surface area is 162 Å². The summed E-state index contributed by atoms with van der Waals surface area (Å²) in [5.74, 6) is 2.33. The van der Waals surface area contributed by atoms with E-state index in [9.17, 15) is 0 Å². The number of para-hydroxylation sites is 2. The number of methoxy groups -OCH3 is 1. The molecular weight excluding hydrogens is 362 g/mol. The maximum Gasteiger partial charge on any atom is 0.196 e. The highest BCUT2D eigenvalue weighted by Crippen LogP contribution is 2.33. The summed E-state index contributed by atoms with van der Waals surface area (Å²) in [6, 6.07) is 18.0. The quantitative estimate of drug-likeness (QED) is 0.604. The predicted octanol–water partition coefficient (Wildman–Crippen LogP) is 3.80. The monoisotopic (exact) mass is 383 g/mol. The van der Waals surface area contributed by atoms with E-state index in [1.807, 2.05) is 42.5 Å². The van der Waals surface area contributed by atoms with Gasteiger partial charge in [-0.3, -0.25) is 4.57 Å². The van der Waals surface area contributed by atoms with Crippen molar-refractivity contribution in [1.82, 2.24) is 14.8 Å². The van der Waals surface area contributed by atoms with Crippen LogP contribution in [0.5, 0.6) is 5.75 Å². The second-order valence-electron chi connectivity index (χ2n) is 6.09. The third kappa shape index (κ3) is 4.00. The van der Waals surface area contributed by atoms with Crippen molar-refractivity contribution in [2.24, 2.45) is 0 Å². The van der Waals surface area contributed by atoms with Gasteiger partial charge in [-0.2, -0.15) is 0 Å². The number of hydrogen-bond donors (Lipinski definition) is 0. The number of aromatic nitrogens is 3. The van der Waals surface area contributed by atoms with Crippen LogP contribution in [-0.4, -0.2) is 47.1 Å². The molecule has 3 aromatic rings. The molecule has 0 saturated carbocycles. The summed E-state index contributed by atoms with van der Waals surface area (Å²) in [6.07, 6.45) is 1.06. The van der Waals surface area contributed by atoms with Crippen LogP contribution in [0.15, 0.2) is 59.8 Å². The van der Waals surface area contributed by atoms with Gasteiger partial charge < -0.3 is 14.2 Å². The first-order valence-electron chi connectivity index (χ1n) is 8.83. The summed E-state index contributed by atoms with van der Waals surface area (Å²) >= 11 is 1.65. The molecule has 2 aromatic carbocycles. The molecule has 1 fully saturated rings. The van der Waals surface area contributed by atoms with Gasteiger partial charge in [-0.25, -0.2) is 0 Å². The Balaban J connectivity index is 1.70. The van der Waals surface area contributed by atoms with Crippen molar-refractivity contribution in [3.8, 4) is 22.8 Å². The summed E-state index contributed by atoms with van der Waals surface area (Å²) < 4.78 is 18.5. The lowest BCUT2D eigenvalue weighted by molar-refractivity contribution is -0.130. The van der Waals surface area contributed by atoms with Gasteiger partial charge in [0.05, 0.1) is 25.4 Å². The molecule has 27 heavy (non-hydrogen) atoms. The van der Waals surface area contributed by atoms with Gasteiger partial charge in [-0.15, -0.1) is 10.2 Å². The van der Waals surface area contributed by atoms with Crippen molar-refractivity contribution in [3.05, 3.63) is 54.6 Å². The fourth-order valence-electron chi connectivity index (χ4n) is 2.98. The fourth-order valence-corrected chi connectivity index (χ4v) is 3.99. The standard InChI is InChI=1S/C20H21N3O3S/c1-24-18-10-6-5-9-17(18)19-21-22-20(23(19)15-7-3-2-4-8-15)27-13-16-11-12-25-14-26-16/h2-10,16H,11-14H2,1H3/t16-/m1/s1. The molecule has 140 valence electrons. The topological polar surface area (TPSA) is 58.4 Å². The zero-order valence-electron chi connectivity index (χ0n) is 15.1. The zero-order chi connectivity index (χ0) is 18.5. The Kier molecular flexibility index (Phi) is 5.72. The molecule has 0 radical (unpaired) electrons. The van der Waals surface area contributed by atoms with Gasteiger partial charge in [-0.1, -0.05) is 42.1 Å². The van der Waals surface area contributed by atoms with E-state index in [0.29, 0.717) is 6.79 Å². The van der Waals surface area contributed by atoms with Crippen LogP contribution in [-0.2, 0) is 9.47 Å². The molecule has 1 saturated heterocycles. The summed E-state index contributed by atoms with van der Waals surface area (Å²) in [7, 11) is 1.67. The minimum absolute atomic E-state index is 0.166. The van der Waals surface area contributed by atoms with Gasteiger partial charge in [-0.05, 0) is 30.7 Å². The van der Waals surface area contributed by atoms with E-state index >= 15 is 0 Å². The van der Waals surface area contributed by atoms with Crippen molar-refractivity contribution in [2.75, 3.05) is 26.3 Å². The first-order chi connectivity index (χ1) is 13.4. The Morgan fingerprint density at radius 2 is 1.93 bits per heavy atom. The molecule has 1 aromatic heterocycles. The minimum atomic E-state index is 0.166. The number of rotatable bonds is 6.